The molecule has 5 rings (SSSR count). The minimum absolute atomic E-state index is 0.00742. The third-order valence-electron chi connectivity index (χ3n) is 6.83. The number of carbonyl (C=O) groups is 1. The highest BCUT2D eigenvalue weighted by atomic mass is 19.4. The number of carboxylic acid groups (broad SMARTS) is 1. The fourth-order valence-electron chi connectivity index (χ4n) is 5.01. The van der Waals surface area contributed by atoms with Gasteiger partial charge in [-0.1, -0.05) is 36.4 Å². The lowest BCUT2D eigenvalue weighted by Crippen LogP contribution is -2.26. The van der Waals surface area contributed by atoms with Gasteiger partial charge in [0.05, 0.1) is 23.9 Å². The lowest BCUT2D eigenvalue weighted by atomic mass is 9.88. The van der Waals surface area contributed by atoms with Crippen LogP contribution in [0.5, 0.6) is 5.88 Å². The Hall–Kier alpha value is -4.45. The maximum atomic E-state index is 15.2. The largest absolute Gasteiger partial charge is 0.476 e. The van der Waals surface area contributed by atoms with Crippen LogP contribution in [0.4, 0.5) is 22.4 Å². The van der Waals surface area contributed by atoms with Gasteiger partial charge in [0.2, 0.25) is 11.8 Å². The van der Waals surface area contributed by atoms with E-state index >= 15 is 4.39 Å². The minimum atomic E-state index is -4.54. The molecule has 1 saturated heterocycles. The number of nitrogens with zero attached hydrogens (tertiary/aromatic N) is 3. The summed E-state index contributed by atoms with van der Waals surface area (Å²) < 4.78 is 69.9. The number of nitrogens with one attached hydrogen (secondary N) is 1. The van der Waals surface area contributed by atoms with Crippen LogP contribution < -0.4 is 10.1 Å². The Labute approximate surface area is 238 Å². The van der Waals surface area contributed by atoms with E-state index < -0.39 is 30.9 Å². The fourth-order valence-corrected chi connectivity index (χ4v) is 5.01. The molecular formula is C30H28F4N4O4. The first-order valence-electron chi connectivity index (χ1n) is 13.4. The number of hydrogen-bond donors (Lipinski definition) is 2. The summed E-state index contributed by atoms with van der Waals surface area (Å²) in [6.07, 6.45) is -3.49. The van der Waals surface area contributed by atoms with Crippen molar-refractivity contribution in [1.82, 2.24) is 20.1 Å². The van der Waals surface area contributed by atoms with Gasteiger partial charge in [-0.25, -0.2) is 14.5 Å². The molecule has 1 amide bonds. The molecule has 1 unspecified atom stereocenters. The number of pyridine rings is 1. The second-order valence-electron chi connectivity index (χ2n) is 9.77. The van der Waals surface area contributed by atoms with Gasteiger partial charge in [0.25, 0.3) is 0 Å². The number of ether oxygens (including phenoxy) is 2. The molecule has 0 bridgehead atoms. The number of alkyl halides is 3. The summed E-state index contributed by atoms with van der Waals surface area (Å²) >= 11 is 0. The topological polar surface area (TPSA) is 98.5 Å². The number of allylic oxidation sites excluding steroid dienone is 1. The summed E-state index contributed by atoms with van der Waals surface area (Å²) in [5.41, 5.74) is 1.78. The predicted molar refractivity (Wildman–Crippen MR) is 147 cm³/mol. The van der Waals surface area contributed by atoms with Gasteiger partial charge in [-0.2, -0.15) is 17.6 Å². The summed E-state index contributed by atoms with van der Waals surface area (Å²) in [4.78, 5) is 14.9. The lowest BCUT2D eigenvalue weighted by Gasteiger charge is -2.23. The van der Waals surface area contributed by atoms with Crippen LogP contribution in [0, 0.1) is 5.95 Å². The number of benzene rings is 2. The van der Waals surface area contributed by atoms with E-state index in [2.05, 4.69) is 15.4 Å². The Balaban J connectivity index is 1.61. The Morgan fingerprint density at radius 2 is 1.86 bits per heavy atom. The number of halogens is 4. The Kier molecular flexibility index (Phi) is 8.72. The van der Waals surface area contributed by atoms with Crippen LogP contribution in [0.2, 0.25) is 0 Å². The first kappa shape index (κ1) is 29.1. The van der Waals surface area contributed by atoms with Gasteiger partial charge in [0, 0.05) is 24.4 Å². The van der Waals surface area contributed by atoms with Crippen LogP contribution in [0.15, 0.2) is 66.9 Å². The highest BCUT2D eigenvalue weighted by Gasteiger charge is 2.32. The molecular weight excluding hydrogens is 556 g/mol. The third-order valence-corrected chi connectivity index (χ3v) is 6.83. The molecule has 1 aliphatic heterocycles. The van der Waals surface area contributed by atoms with E-state index in [1.807, 2.05) is 0 Å². The zero-order valence-electron chi connectivity index (χ0n) is 22.4. The Morgan fingerprint density at radius 1 is 1.07 bits per heavy atom. The molecule has 0 saturated carbocycles. The summed E-state index contributed by atoms with van der Waals surface area (Å²) in [5.74, 6) is -0.577. The molecule has 2 aromatic carbocycles. The van der Waals surface area contributed by atoms with Gasteiger partial charge in [-0.05, 0) is 59.7 Å². The van der Waals surface area contributed by atoms with Gasteiger partial charge in [-0.3, -0.25) is 0 Å². The quantitative estimate of drug-likeness (QED) is 0.127. The highest BCUT2D eigenvalue weighted by Crippen LogP contribution is 2.40. The molecule has 220 valence electrons. The molecule has 0 radical (unpaired) electrons. The van der Waals surface area contributed by atoms with Gasteiger partial charge in [0.15, 0.2) is 6.23 Å². The van der Waals surface area contributed by atoms with Crippen LogP contribution in [0.1, 0.15) is 48.6 Å². The molecule has 1 aliphatic rings. The van der Waals surface area contributed by atoms with Crippen LogP contribution >= 0.6 is 0 Å². The van der Waals surface area contributed by atoms with Crippen molar-refractivity contribution in [3.05, 3.63) is 89.5 Å². The van der Waals surface area contributed by atoms with Crippen molar-refractivity contribution in [2.45, 2.75) is 38.1 Å². The van der Waals surface area contributed by atoms with Crippen LogP contribution in [0.3, 0.4) is 0 Å². The number of amides is 1. The van der Waals surface area contributed by atoms with Crippen LogP contribution in [-0.2, 0) is 4.74 Å². The van der Waals surface area contributed by atoms with Gasteiger partial charge in [-0.15, -0.1) is 5.10 Å². The average molecular weight is 585 g/mol. The number of aromatic nitrogens is 3. The number of rotatable bonds is 9. The molecule has 2 aromatic heterocycles. The second kappa shape index (κ2) is 12.6. The zero-order valence-corrected chi connectivity index (χ0v) is 22.4. The Morgan fingerprint density at radius 3 is 2.52 bits per heavy atom. The summed E-state index contributed by atoms with van der Waals surface area (Å²) in [6, 6.07) is 16.1. The van der Waals surface area contributed by atoms with E-state index in [-0.39, 0.29) is 35.6 Å². The zero-order chi connectivity index (χ0) is 29.7. The van der Waals surface area contributed by atoms with Crippen LogP contribution in [0.25, 0.3) is 22.0 Å². The number of fused-ring (bicyclic) bond motifs is 1. The standard InChI is InChI=1S/C30H28F4N4O4/c31-28-22-16-20(9-11-24(22)38(37-28)26-8-4-5-14-42-26)27(23(17-30(32,33)34)19-6-2-1-3-7-19)21-10-12-25(36-18-21)41-15-13-35-29(39)40/h1-3,6-7,9-12,16,18,26,35H,4-5,8,13-15,17H2,(H,39,40)/b27-23-. The fraction of sp³-hybridized carbons (Fsp3) is 0.300. The van der Waals surface area contributed by atoms with Crippen molar-refractivity contribution in [2.75, 3.05) is 19.8 Å². The molecule has 4 aromatic rings. The van der Waals surface area contributed by atoms with Crippen molar-refractivity contribution >= 4 is 28.1 Å². The van der Waals surface area contributed by atoms with Crippen molar-refractivity contribution in [3.63, 3.8) is 0 Å². The smallest absolute Gasteiger partial charge is 0.404 e. The summed E-state index contributed by atoms with van der Waals surface area (Å²) in [5, 5.41) is 15.1. The van der Waals surface area contributed by atoms with Crippen molar-refractivity contribution in [3.8, 4) is 5.88 Å². The average Bonchev–Trinajstić information content (AvgIpc) is 3.31. The maximum Gasteiger partial charge on any atom is 0.404 e. The number of hydrogen-bond acceptors (Lipinski definition) is 5. The van der Waals surface area contributed by atoms with Gasteiger partial charge < -0.3 is 19.9 Å². The van der Waals surface area contributed by atoms with E-state index in [1.54, 1.807) is 48.5 Å². The molecule has 8 nitrogen and oxygen atoms in total. The van der Waals surface area contributed by atoms with Gasteiger partial charge in [0.1, 0.15) is 6.61 Å². The van der Waals surface area contributed by atoms with Gasteiger partial charge >= 0.3 is 12.3 Å². The third kappa shape index (κ3) is 6.88. The van der Waals surface area contributed by atoms with Crippen molar-refractivity contribution in [2.24, 2.45) is 0 Å². The molecule has 3 heterocycles. The summed E-state index contributed by atoms with van der Waals surface area (Å²) in [6.45, 7) is 0.577. The lowest BCUT2D eigenvalue weighted by molar-refractivity contribution is -0.122. The molecule has 0 spiro atoms. The molecule has 1 fully saturated rings. The second-order valence-corrected chi connectivity index (χ2v) is 9.77. The van der Waals surface area contributed by atoms with E-state index in [9.17, 15) is 18.0 Å². The molecule has 0 aliphatic carbocycles. The van der Waals surface area contributed by atoms with E-state index in [4.69, 9.17) is 14.6 Å². The Bertz CT molecular complexity index is 1560. The highest BCUT2D eigenvalue weighted by molar-refractivity contribution is 6.00. The first-order chi connectivity index (χ1) is 20.2. The maximum absolute atomic E-state index is 15.2. The monoisotopic (exact) mass is 584 g/mol. The molecule has 2 N–H and O–H groups in total. The first-order valence-corrected chi connectivity index (χ1v) is 13.4. The normalized spacial score (nSPS) is 16.2. The molecule has 1 atom stereocenters. The van der Waals surface area contributed by atoms with Crippen molar-refractivity contribution in [1.29, 1.82) is 0 Å². The summed E-state index contributed by atoms with van der Waals surface area (Å²) in [7, 11) is 0. The molecule has 42 heavy (non-hydrogen) atoms. The SMILES string of the molecule is O=C(O)NCCOc1ccc(/C(=C(/CC(F)(F)F)c2ccccc2)c2ccc3c(c2)c(F)nn3C2CCCCO2)cn1. The van der Waals surface area contributed by atoms with E-state index in [1.165, 1.54) is 23.0 Å². The minimum Gasteiger partial charge on any atom is -0.476 e. The van der Waals surface area contributed by atoms with Crippen LogP contribution in [-0.4, -0.2) is 51.9 Å². The van der Waals surface area contributed by atoms with E-state index in [0.717, 1.165) is 12.8 Å². The van der Waals surface area contributed by atoms with E-state index in [0.29, 0.717) is 35.2 Å². The predicted octanol–water partition coefficient (Wildman–Crippen LogP) is 6.83. The molecule has 12 heteroatoms. The van der Waals surface area contributed by atoms with Crippen molar-refractivity contribution < 1.29 is 36.9 Å².